The number of H-pyrrole nitrogens is 1. The van der Waals surface area contributed by atoms with Crippen LogP contribution >= 0.6 is 11.6 Å². The fourth-order valence-corrected chi connectivity index (χ4v) is 1.40. The fraction of sp³-hybridized carbons (Fsp3) is 0.0909. The number of nitrogens with zero attached hydrogens (tertiary/aromatic N) is 1. The van der Waals surface area contributed by atoms with Gasteiger partial charge in [0.2, 0.25) is 5.82 Å². The first-order valence-electron chi connectivity index (χ1n) is 4.94. The van der Waals surface area contributed by atoms with Crippen LogP contribution in [0.15, 0.2) is 40.1 Å². The smallest absolute Gasteiger partial charge is 0.331 e. The number of hydrogen-bond acceptors (Lipinski definition) is 3. The van der Waals surface area contributed by atoms with Gasteiger partial charge in [-0.1, -0.05) is 11.6 Å². The van der Waals surface area contributed by atoms with Crippen molar-refractivity contribution >= 4 is 11.6 Å². The van der Waals surface area contributed by atoms with Crippen LogP contribution in [-0.4, -0.2) is 9.55 Å². The maximum atomic E-state index is 13.0. The Hall–Kier alpha value is -2.08. The molecule has 0 atom stereocenters. The lowest BCUT2D eigenvalue weighted by atomic mass is 10.3. The summed E-state index contributed by atoms with van der Waals surface area (Å²) < 4.78 is 18.8. The lowest BCUT2D eigenvalue weighted by Crippen LogP contribution is -2.37. The zero-order chi connectivity index (χ0) is 13.1. The molecule has 0 saturated heterocycles. The number of benzene rings is 1. The van der Waals surface area contributed by atoms with Crippen LogP contribution in [0.5, 0.6) is 5.75 Å². The average Bonchev–Trinajstić information content (AvgIpc) is 2.36. The molecule has 1 N–H and O–H groups in total. The van der Waals surface area contributed by atoms with Crippen molar-refractivity contribution in [2.24, 2.45) is 0 Å². The molecule has 0 unspecified atom stereocenters. The minimum Gasteiger partial charge on any atom is -0.472 e. The van der Waals surface area contributed by atoms with Gasteiger partial charge in [-0.05, 0) is 24.3 Å². The predicted molar refractivity (Wildman–Crippen MR) is 63.4 cm³/mol. The number of aromatic amines is 1. The number of halogens is 2. The highest BCUT2D eigenvalue weighted by atomic mass is 35.5. The molecule has 94 valence electrons. The Kier molecular flexibility index (Phi) is 3.47. The molecule has 2 rings (SSSR count). The van der Waals surface area contributed by atoms with E-state index in [-0.39, 0.29) is 6.73 Å². The van der Waals surface area contributed by atoms with Gasteiger partial charge in [-0.3, -0.25) is 4.79 Å². The Morgan fingerprint density at radius 3 is 2.61 bits per heavy atom. The van der Waals surface area contributed by atoms with Gasteiger partial charge < -0.3 is 9.72 Å². The molecule has 1 aromatic carbocycles. The summed E-state index contributed by atoms with van der Waals surface area (Å²) in [6.45, 7) is -0.381. The second kappa shape index (κ2) is 5.05. The zero-order valence-corrected chi connectivity index (χ0v) is 9.78. The molecule has 0 aliphatic rings. The Labute approximate surface area is 105 Å². The molecule has 0 aliphatic heterocycles. The van der Waals surface area contributed by atoms with E-state index in [1.165, 1.54) is 0 Å². The second-order valence-electron chi connectivity index (χ2n) is 3.40. The van der Waals surface area contributed by atoms with Crippen LogP contribution in [-0.2, 0) is 6.73 Å². The third kappa shape index (κ3) is 2.60. The van der Waals surface area contributed by atoms with Crippen LogP contribution < -0.4 is 16.0 Å². The summed E-state index contributed by atoms with van der Waals surface area (Å²) in [4.78, 5) is 24.7. The molecular formula is C11H8ClFN2O3. The lowest BCUT2D eigenvalue weighted by Gasteiger charge is -2.07. The number of ether oxygens (including phenoxy) is 1. The topological polar surface area (TPSA) is 64.1 Å². The molecule has 0 saturated carbocycles. The SMILES string of the molecule is O=c1[nH]cc(F)c(=O)n1COc1ccc(Cl)cc1. The third-order valence-electron chi connectivity index (χ3n) is 2.19. The van der Waals surface area contributed by atoms with Crippen molar-refractivity contribution in [2.75, 3.05) is 0 Å². The third-order valence-corrected chi connectivity index (χ3v) is 2.44. The van der Waals surface area contributed by atoms with Crippen molar-refractivity contribution in [1.82, 2.24) is 9.55 Å². The molecule has 0 fully saturated rings. The molecule has 2 aromatic rings. The Morgan fingerprint density at radius 1 is 1.28 bits per heavy atom. The first-order valence-corrected chi connectivity index (χ1v) is 5.32. The number of hydrogen-bond donors (Lipinski definition) is 1. The molecule has 1 heterocycles. The zero-order valence-electron chi connectivity index (χ0n) is 9.02. The summed E-state index contributed by atoms with van der Waals surface area (Å²) in [5.41, 5.74) is -1.77. The van der Waals surface area contributed by atoms with Crippen LogP contribution in [0.2, 0.25) is 5.02 Å². The van der Waals surface area contributed by atoms with E-state index in [2.05, 4.69) is 4.98 Å². The molecule has 0 bridgehead atoms. The van der Waals surface area contributed by atoms with Gasteiger partial charge in [0, 0.05) is 11.2 Å². The standard InChI is InChI=1S/C11H8ClFN2O3/c12-7-1-3-8(4-2-7)18-6-15-10(16)9(13)5-14-11(15)17/h1-5H,6H2,(H,14,17). The molecule has 0 amide bonds. The monoisotopic (exact) mass is 270 g/mol. The molecule has 1 aromatic heterocycles. The van der Waals surface area contributed by atoms with Gasteiger partial charge in [0.05, 0.1) is 0 Å². The van der Waals surface area contributed by atoms with E-state index >= 15 is 0 Å². The van der Waals surface area contributed by atoms with Gasteiger partial charge >= 0.3 is 5.69 Å². The lowest BCUT2D eigenvalue weighted by molar-refractivity contribution is 0.223. The Morgan fingerprint density at radius 2 is 1.94 bits per heavy atom. The molecule has 0 radical (unpaired) electrons. The fourth-order valence-electron chi connectivity index (χ4n) is 1.27. The number of aromatic nitrogens is 2. The van der Waals surface area contributed by atoms with Crippen molar-refractivity contribution in [2.45, 2.75) is 6.73 Å². The van der Waals surface area contributed by atoms with Crippen molar-refractivity contribution in [1.29, 1.82) is 0 Å². The molecule has 0 aliphatic carbocycles. The summed E-state index contributed by atoms with van der Waals surface area (Å²) in [6.07, 6.45) is 0.712. The van der Waals surface area contributed by atoms with E-state index < -0.39 is 17.1 Å². The van der Waals surface area contributed by atoms with E-state index in [9.17, 15) is 14.0 Å². The van der Waals surface area contributed by atoms with Crippen molar-refractivity contribution in [3.63, 3.8) is 0 Å². The number of nitrogens with one attached hydrogen (secondary N) is 1. The van der Waals surface area contributed by atoms with Gasteiger partial charge in [0.15, 0.2) is 6.73 Å². The molecular weight excluding hydrogens is 263 g/mol. The minimum absolute atomic E-state index is 0.381. The summed E-state index contributed by atoms with van der Waals surface area (Å²) in [6, 6.07) is 6.33. The highest BCUT2D eigenvalue weighted by Crippen LogP contribution is 2.15. The Bertz CT molecular complexity index is 663. The molecule has 5 nitrogen and oxygen atoms in total. The molecule has 7 heteroatoms. The highest BCUT2D eigenvalue weighted by Gasteiger charge is 2.06. The van der Waals surface area contributed by atoms with E-state index in [0.717, 1.165) is 0 Å². The van der Waals surface area contributed by atoms with Crippen molar-refractivity contribution in [3.05, 3.63) is 62.1 Å². The van der Waals surface area contributed by atoms with Gasteiger partial charge in [0.25, 0.3) is 5.56 Å². The van der Waals surface area contributed by atoms with E-state index in [0.29, 0.717) is 21.5 Å². The molecule has 0 spiro atoms. The Balaban J connectivity index is 2.21. The summed E-state index contributed by atoms with van der Waals surface area (Å²) in [5.74, 6) is -0.635. The largest absolute Gasteiger partial charge is 0.472 e. The van der Waals surface area contributed by atoms with Gasteiger partial charge in [-0.2, -0.15) is 4.39 Å². The molecule has 18 heavy (non-hydrogen) atoms. The van der Waals surface area contributed by atoms with Crippen LogP contribution in [0.3, 0.4) is 0 Å². The maximum Gasteiger partial charge on any atom is 0.331 e. The van der Waals surface area contributed by atoms with E-state index in [1.807, 2.05) is 0 Å². The quantitative estimate of drug-likeness (QED) is 0.916. The van der Waals surface area contributed by atoms with E-state index in [4.69, 9.17) is 16.3 Å². The summed E-state index contributed by atoms with van der Waals surface area (Å²) >= 11 is 5.68. The van der Waals surface area contributed by atoms with Crippen LogP contribution in [0, 0.1) is 5.82 Å². The van der Waals surface area contributed by atoms with E-state index in [1.54, 1.807) is 24.3 Å². The van der Waals surface area contributed by atoms with Crippen LogP contribution in [0.1, 0.15) is 0 Å². The maximum absolute atomic E-state index is 13.0. The summed E-state index contributed by atoms with van der Waals surface area (Å²) in [7, 11) is 0. The predicted octanol–water partition coefficient (Wildman–Crippen LogP) is 1.37. The van der Waals surface area contributed by atoms with Crippen LogP contribution in [0.25, 0.3) is 0 Å². The van der Waals surface area contributed by atoms with Crippen molar-refractivity contribution < 1.29 is 9.13 Å². The second-order valence-corrected chi connectivity index (χ2v) is 3.84. The first-order chi connectivity index (χ1) is 8.58. The minimum atomic E-state index is -1.05. The van der Waals surface area contributed by atoms with Crippen LogP contribution in [0.4, 0.5) is 4.39 Å². The number of rotatable bonds is 3. The summed E-state index contributed by atoms with van der Waals surface area (Å²) in [5, 5.41) is 0.531. The van der Waals surface area contributed by atoms with Gasteiger partial charge in [-0.25, -0.2) is 9.36 Å². The van der Waals surface area contributed by atoms with Crippen molar-refractivity contribution in [3.8, 4) is 5.75 Å². The van der Waals surface area contributed by atoms with Gasteiger partial charge in [-0.15, -0.1) is 0 Å². The average molecular weight is 271 g/mol. The van der Waals surface area contributed by atoms with Gasteiger partial charge in [0.1, 0.15) is 5.75 Å². The first kappa shape index (κ1) is 12.4. The normalized spacial score (nSPS) is 10.3. The highest BCUT2D eigenvalue weighted by molar-refractivity contribution is 6.30.